The molecule has 1 fully saturated rings. The quantitative estimate of drug-likeness (QED) is 0.918. The van der Waals surface area contributed by atoms with E-state index in [-0.39, 0.29) is 0 Å². The number of aromatic nitrogens is 1. The minimum atomic E-state index is 0.677. The fourth-order valence-electron chi connectivity index (χ4n) is 3.20. The highest BCUT2D eigenvalue weighted by atomic mass is 35.5. The minimum absolute atomic E-state index is 0.677. The predicted octanol–water partition coefficient (Wildman–Crippen LogP) is 2.77. The molecule has 5 heteroatoms. The van der Waals surface area contributed by atoms with Gasteiger partial charge in [0.05, 0.1) is 17.6 Å². The lowest BCUT2D eigenvalue weighted by Gasteiger charge is -2.26. The smallest absolute Gasteiger partial charge is 0.138 e. The molecule has 1 aliphatic heterocycles. The largest absolute Gasteiger partial charge is 0.495 e. The Morgan fingerprint density at radius 2 is 2.05 bits per heavy atom. The Hall–Kier alpha value is -1.23. The van der Waals surface area contributed by atoms with Gasteiger partial charge in [0.1, 0.15) is 5.75 Å². The molecule has 0 spiro atoms. The van der Waals surface area contributed by atoms with Crippen molar-refractivity contribution in [2.75, 3.05) is 39.8 Å². The third kappa shape index (κ3) is 3.09. The zero-order valence-electron chi connectivity index (χ0n) is 13.4. The summed E-state index contributed by atoms with van der Waals surface area (Å²) in [4.78, 5) is 2.53. The van der Waals surface area contributed by atoms with Gasteiger partial charge in [0.15, 0.2) is 0 Å². The van der Waals surface area contributed by atoms with E-state index < -0.39 is 0 Å². The number of aryl methyl sites for hydroxylation is 1. The summed E-state index contributed by atoms with van der Waals surface area (Å²) in [6, 6.07) is 4.10. The molecule has 22 heavy (non-hydrogen) atoms. The Bertz CT molecular complexity index is 647. The molecule has 2 aromatic rings. The highest BCUT2D eigenvalue weighted by Crippen LogP contribution is 2.33. The van der Waals surface area contributed by atoms with Crippen LogP contribution in [0.2, 0.25) is 5.02 Å². The van der Waals surface area contributed by atoms with Gasteiger partial charge in [0.25, 0.3) is 0 Å². The van der Waals surface area contributed by atoms with Gasteiger partial charge in [0, 0.05) is 50.9 Å². The molecular weight excluding hydrogens is 298 g/mol. The first-order valence-corrected chi connectivity index (χ1v) is 8.39. The van der Waals surface area contributed by atoms with E-state index >= 15 is 0 Å². The second-order valence-corrected chi connectivity index (χ2v) is 6.19. The van der Waals surface area contributed by atoms with E-state index in [1.165, 1.54) is 16.5 Å². The van der Waals surface area contributed by atoms with E-state index in [0.29, 0.717) is 5.02 Å². The number of rotatable bonds is 5. The fourth-order valence-corrected chi connectivity index (χ4v) is 3.43. The molecule has 1 aliphatic rings. The molecule has 1 N–H and O–H groups in total. The molecule has 0 bridgehead atoms. The van der Waals surface area contributed by atoms with Crippen LogP contribution in [-0.2, 0) is 13.0 Å². The average Bonchev–Trinajstić information content (AvgIpc) is 2.90. The van der Waals surface area contributed by atoms with E-state index in [1.54, 1.807) is 7.11 Å². The Kier molecular flexibility index (Phi) is 4.91. The highest BCUT2D eigenvalue weighted by Gasteiger charge is 2.14. The number of piperazine rings is 1. The highest BCUT2D eigenvalue weighted by molar-refractivity contribution is 6.32. The van der Waals surface area contributed by atoms with Crippen molar-refractivity contribution in [3.63, 3.8) is 0 Å². The van der Waals surface area contributed by atoms with E-state index in [2.05, 4.69) is 34.0 Å². The number of nitrogens with zero attached hydrogens (tertiary/aromatic N) is 2. The van der Waals surface area contributed by atoms with Crippen molar-refractivity contribution in [1.82, 2.24) is 14.8 Å². The van der Waals surface area contributed by atoms with Crippen molar-refractivity contribution in [2.24, 2.45) is 0 Å². The molecule has 0 radical (unpaired) electrons. The third-order valence-corrected chi connectivity index (χ3v) is 4.78. The summed E-state index contributed by atoms with van der Waals surface area (Å²) in [6.07, 6.45) is 3.33. The van der Waals surface area contributed by atoms with Gasteiger partial charge in [-0.2, -0.15) is 0 Å². The molecule has 0 saturated carbocycles. The van der Waals surface area contributed by atoms with Crippen molar-refractivity contribution < 1.29 is 4.74 Å². The number of benzene rings is 1. The zero-order valence-corrected chi connectivity index (χ0v) is 14.1. The second-order valence-electron chi connectivity index (χ2n) is 5.79. The molecule has 0 atom stereocenters. The first-order valence-electron chi connectivity index (χ1n) is 8.01. The molecule has 3 rings (SSSR count). The van der Waals surface area contributed by atoms with Gasteiger partial charge < -0.3 is 19.5 Å². The monoisotopic (exact) mass is 321 g/mol. The summed E-state index contributed by atoms with van der Waals surface area (Å²) in [5.74, 6) is 0.756. The summed E-state index contributed by atoms with van der Waals surface area (Å²) in [7, 11) is 1.67. The third-order valence-electron chi connectivity index (χ3n) is 4.48. The summed E-state index contributed by atoms with van der Waals surface area (Å²) in [6.45, 7) is 8.70. The molecule has 2 heterocycles. The Balaban J connectivity index is 1.87. The van der Waals surface area contributed by atoms with Gasteiger partial charge in [-0.1, -0.05) is 11.6 Å². The maximum absolute atomic E-state index is 6.29. The van der Waals surface area contributed by atoms with Crippen LogP contribution in [0.25, 0.3) is 10.9 Å². The lowest BCUT2D eigenvalue weighted by Crippen LogP contribution is -2.44. The summed E-state index contributed by atoms with van der Waals surface area (Å²) >= 11 is 6.29. The summed E-state index contributed by atoms with van der Waals surface area (Å²) in [5, 5.41) is 5.34. The van der Waals surface area contributed by atoms with Gasteiger partial charge in [-0.3, -0.25) is 0 Å². The molecule has 0 aliphatic carbocycles. The Labute approximate surface area is 137 Å². The molecule has 4 nitrogen and oxygen atoms in total. The van der Waals surface area contributed by atoms with Crippen molar-refractivity contribution in [2.45, 2.75) is 19.9 Å². The Morgan fingerprint density at radius 1 is 1.27 bits per heavy atom. The maximum atomic E-state index is 6.29. The molecule has 1 aromatic heterocycles. The SMILES string of the molecule is CCn1cc(CCN2CCNCC2)c2cc(OC)c(Cl)cc21. The number of hydrogen-bond donors (Lipinski definition) is 1. The van der Waals surface area contributed by atoms with Crippen LogP contribution in [0.1, 0.15) is 12.5 Å². The van der Waals surface area contributed by atoms with Crippen LogP contribution in [-0.4, -0.2) is 49.3 Å². The number of methoxy groups -OCH3 is 1. The topological polar surface area (TPSA) is 29.4 Å². The first-order chi connectivity index (χ1) is 10.7. The van der Waals surface area contributed by atoms with E-state index in [1.807, 2.05) is 6.07 Å². The number of nitrogens with one attached hydrogen (secondary N) is 1. The summed E-state index contributed by atoms with van der Waals surface area (Å²) in [5.41, 5.74) is 2.58. The molecule has 1 saturated heterocycles. The van der Waals surface area contributed by atoms with Gasteiger partial charge in [0.2, 0.25) is 0 Å². The predicted molar refractivity (Wildman–Crippen MR) is 92.2 cm³/mol. The number of fused-ring (bicyclic) bond motifs is 1. The normalized spacial score (nSPS) is 16.3. The minimum Gasteiger partial charge on any atom is -0.495 e. The lowest BCUT2D eigenvalue weighted by atomic mass is 10.1. The standard InChI is InChI=1S/C17H24ClN3O/c1-3-21-12-13(4-7-20-8-5-19-6-9-20)14-10-17(22-2)15(18)11-16(14)21/h10-12,19H,3-9H2,1-2H3. The van der Waals surface area contributed by atoms with Crippen LogP contribution in [0, 0.1) is 0 Å². The van der Waals surface area contributed by atoms with Gasteiger partial charge in [-0.05, 0) is 31.0 Å². The first kappa shape index (κ1) is 15.7. The van der Waals surface area contributed by atoms with Crippen LogP contribution in [0.5, 0.6) is 5.75 Å². The van der Waals surface area contributed by atoms with Crippen molar-refractivity contribution in [3.05, 3.63) is 28.9 Å². The second kappa shape index (κ2) is 6.90. The lowest BCUT2D eigenvalue weighted by molar-refractivity contribution is 0.244. The molecule has 1 aromatic carbocycles. The van der Waals surface area contributed by atoms with Crippen LogP contribution in [0.3, 0.4) is 0 Å². The average molecular weight is 322 g/mol. The molecule has 0 unspecified atom stereocenters. The Morgan fingerprint density at radius 3 is 2.73 bits per heavy atom. The summed E-state index contributed by atoms with van der Waals surface area (Å²) < 4.78 is 7.66. The molecule has 0 amide bonds. The number of halogens is 1. The van der Waals surface area contributed by atoms with Crippen LogP contribution in [0.4, 0.5) is 0 Å². The van der Waals surface area contributed by atoms with Crippen molar-refractivity contribution in [3.8, 4) is 5.75 Å². The molecule has 120 valence electrons. The van der Waals surface area contributed by atoms with Crippen LogP contribution < -0.4 is 10.1 Å². The van der Waals surface area contributed by atoms with E-state index in [4.69, 9.17) is 16.3 Å². The number of hydrogen-bond acceptors (Lipinski definition) is 3. The maximum Gasteiger partial charge on any atom is 0.138 e. The fraction of sp³-hybridized carbons (Fsp3) is 0.529. The van der Waals surface area contributed by atoms with E-state index in [9.17, 15) is 0 Å². The van der Waals surface area contributed by atoms with Crippen LogP contribution in [0.15, 0.2) is 18.3 Å². The van der Waals surface area contributed by atoms with Crippen molar-refractivity contribution >= 4 is 22.5 Å². The van der Waals surface area contributed by atoms with Gasteiger partial charge in [-0.25, -0.2) is 0 Å². The van der Waals surface area contributed by atoms with Crippen LogP contribution >= 0.6 is 11.6 Å². The zero-order chi connectivity index (χ0) is 15.5. The number of ether oxygens (including phenoxy) is 1. The van der Waals surface area contributed by atoms with E-state index in [0.717, 1.165) is 51.4 Å². The van der Waals surface area contributed by atoms with Crippen molar-refractivity contribution in [1.29, 1.82) is 0 Å². The van der Waals surface area contributed by atoms with Gasteiger partial charge in [-0.15, -0.1) is 0 Å². The molecular formula is C17H24ClN3O. The van der Waals surface area contributed by atoms with Gasteiger partial charge >= 0.3 is 0 Å².